The maximum absolute atomic E-state index is 12.2. The number of nitrogens with one attached hydrogen (secondary N) is 1. The van der Waals surface area contributed by atoms with E-state index in [2.05, 4.69) is 20.7 Å². The van der Waals surface area contributed by atoms with Gasteiger partial charge in [-0.3, -0.25) is 4.72 Å². The van der Waals surface area contributed by atoms with Crippen LogP contribution >= 0.6 is 15.9 Å². The van der Waals surface area contributed by atoms with Crippen LogP contribution in [0.15, 0.2) is 57.9 Å². The largest absolute Gasteiger partial charge is 0.488 e. The van der Waals surface area contributed by atoms with Gasteiger partial charge < -0.3 is 10.0 Å². The van der Waals surface area contributed by atoms with Gasteiger partial charge in [0.25, 0.3) is 10.0 Å². The van der Waals surface area contributed by atoms with Crippen molar-refractivity contribution in [3.8, 4) is 0 Å². The maximum atomic E-state index is 12.2. The van der Waals surface area contributed by atoms with E-state index < -0.39 is 17.1 Å². The van der Waals surface area contributed by atoms with Gasteiger partial charge in [0, 0.05) is 10.2 Å². The molecule has 0 atom stereocenters. The summed E-state index contributed by atoms with van der Waals surface area (Å²) < 4.78 is 27.4. The minimum Gasteiger partial charge on any atom is -0.423 e. The summed E-state index contributed by atoms with van der Waals surface area (Å²) in [6.45, 7) is 0. The van der Waals surface area contributed by atoms with Crippen molar-refractivity contribution in [2.45, 2.75) is 4.90 Å². The maximum Gasteiger partial charge on any atom is 0.488 e. The van der Waals surface area contributed by atoms with Gasteiger partial charge in [0.05, 0.1) is 4.90 Å². The Hall–Kier alpha value is -1.35. The van der Waals surface area contributed by atoms with E-state index in [1.54, 1.807) is 12.1 Å². The molecule has 0 radical (unpaired) electrons. The van der Waals surface area contributed by atoms with E-state index in [-0.39, 0.29) is 16.0 Å². The Bertz CT molecular complexity index is 721. The van der Waals surface area contributed by atoms with Gasteiger partial charge in [0.15, 0.2) is 0 Å². The standard InChI is InChI=1S/C12H11BBrNO4S/c14-10-4-2-6-12(8-10)20(18,19)15-11-5-1-3-9(7-11)13(16)17/h1-8,15-17H. The Morgan fingerprint density at radius 3 is 2.40 bits per heavy atom. The third-order valence-electron chi connectivity index (χ3n) is 2.54. The van der Waals surface area contributed by atoms with Crippen molar-refractivity contribution >= 4 is 44.2 Å². The lowest BCUT2D eigenvalue weighted by molar-refractivity contribution is 0.426. The first-order chi connectivity index (χ1) is 9.38. The van der Waals surface area contributed by atoms with Gasteiger partial charge in [-0.05, 0) is 35.8 Å². The Labute approximate surface area is 125 Å². The van der Waals surface area contributed by atoms with Crippen LogP contribution in [0.25, 0.3) is 0 Å². The Morgan fingerprint density at radius 2 is 1.75 bits per heavy atom. The predicted molar refractivity (Wildman–Crippen MR) is 81.2 cm³/mol. The molecule has 2 aromatic rings. The third kappa shape index (κ3) is 3.60. The van der Waals surface area contributed by atoms with Gasteiger partial charge in [-0.2, -0.15) is 0 Å². The van der Waals surface area contributed by atoms with Crippen LogP contribution in [-0.4, -0.2) is 25.6 Å². The summed E-state index contributed by atoms with van der Waals surface area (Å²) in [7, 11) is -5.37. The van der Waals surface area contributed by atoms with E-state index in [1.165, 1.54) is 36.4 Å². The highest BCUT2D eigenvalue weighted by atomic mass is 79.9. The average Bonchev–Trinajstić information content (AvgIpc) is 2.38. The van der Waals surface area contributed by atoms with Crippen LogP contribution in [0.4, 0.5) is 5.69 Å². The topological polar surface area (TPSA) is 86.6 Å². The van der Waals surface area contributed by atoms with Crippen molar-refractivity contribution in [3.63, 3.8) is 0 Å². The van der Waals surface area contributed by atoms with Crippen LogP contribution < -0.4 is 10.2 Å². The first kappa shape index (κ1) is 15.1. The number of benzene rings is 2. The Kier molecular flexibility index (Phi) is 4.49. The molecule has 5 nitrogen and oxygen atoms in total. The second-order valence-electron chi connectivity index (χ2n) is 4.06. The van der Waals surface area contributed by atoms with E-state index in [0.717, 1.165) is 0 Å². The number of hydrogen-bond donors (Lipinski definition) is 3. The quantitative estimate of drug-likeness (QED) is 0.712. The molecule has 8 heteroatoms. The molecular formula is C12H11BBrNO4S. The summed E-state index contributed by atoms with van der Waals surface area (Å²) in [5, 5.41) is 18.1. The molecule has 20 heavy (non-hydrogen) atoms. The van der Waals surface area contributed by atoms with E-state index in [1.807, 2.05) is 0 Å². The lowest BCUT2D eigenvalue weighted by Crippen LogP contribution is -2.30. The molecule has 0 aliphatic rings. The summed E-state index contributed by atoms with van der Waals surface area (Å²) in [6, 6.07) is 12.2. The van der Waals surface area contributed by atoms with Gasteiger partial charge in [0.1, 0.15) is 0 Å². The van der Waals surface area contributed by atoms with Crippen LogP contribution in [0, 0.1) is 0 Å². The molecule has 0 spiro atoms. The molecule has 0 saturated carbocycles. The van der Waals surface area contributed by atoms with Gasteiger partial charge in [0.2, 0.25) is 0 Å². The van der Waals surface area contributed by atoms with Crippen LogP contribution in [0.1, 0.15) is 0 Å². The van der Waals surface area contributed by atoms with Crippen LogP contribution in [0.3, 0.4) is 0 Å². The molecule has 0 bridgehead atoms. The van der Waals surface area contributed by atoms with Gasteiger partial charge >= 0.3 is 7.12 Å². The first-order valence-electron chi connectivity index (χ1n) is 5.63. The monoisotopic (exact) mass is 355 g/mol. The van der Waals surface area contributed by atoms with Crippen molar-refractivity contribution in [1.82, 2.24) is 0 Å². The molecule has 0 saturated heterocycles. The van der Waals surface area contributed by atoms with Crippen molar-refractivity contribution in [2.75, 3.05) is 4.72 Å². The Balaban J connectivity index is 2.31. The third-order valence-corrected chi connectivity index (χ3v) is 4.42. The molecule has 2 aromatic carbocycles. The van der Waals surface area contributed by atoms with E-state index in [9.17, 15) is 8.42 Å². The van der Waals surface area contributed by atoms with Gasteiger partial charge in [-0.1, -0.05) is 34.1 Å². The van der Waals surface area contributed by atoms with Crippen LogP contribution in [-0.2, 0) is 10.0 Å². The minimum atomic E-state index is -3.72. The first-order valence-corrected chi connectivity index (χ1v) is 7.90. The zero-order chi connectivity index (χ0) is 14.8. The number of rotatable bonds is 4. The highest BCUT2D eigenvalue weighted by Crippen LogP contribution is 2.19. The Morgan fingerprint density at radius 1 is 1.05 bits per heavy atom. The minimum absolute atomic E-state index is 0.113. The van der Waals surface area contributed by atoms with Crippen LogP contribution in [0.2, 0.25) is 0 Å². The summed E-state index contributed by atoms with van der Waals surface area (Å²) >= 11 is 3.21. The fourth-order valence-electron chi connectivity index (χ4n) is 1.61. The SMILES string of the molecule is O=S(=O)(Nc1cccc(B(O)O)c1)c1cccc(Br)c1. The number of hydrogen-bond acceptors (Lipinski definition) is 4. The highest BCUT2D eigenvalue weighted by molar-refractivity contribution is 9.10. The van der Waals surface area contributed by atoms with Crippen molar-refractivity contribution in [3.05, 3.63) is 53.0 Å². The molecule has 0 fully saturated rings. The molecule has 0 amide bonds. The van der Waals surface area contributed by atoms with Gasteiger partial charge in [-0.25, -0.2) is 8.42 Å². The smallest absolute Gasteiger partial charge is 0.423 e. The molecule has 104 valence electrons. The molecule has 0 heterocycles. The summed E-state index contributed by atoms with van der Waals surface area (Å²) in [4.78, 5) is 0.113. The van der Waals surface area contributed by atoms with Crippen molar-refractivity contribution in [2.24, 2.45) is 0 Å². The number of sulfonamides is 1. The fraction of sp³-hybridized carbons (Fsp3) is 0. The molecule has 0 aliphatic heterocycles. The van der Waals surface area contributed by atoms with E-state index in [0.29, 0.717) is 4.47 Å². The lowest BCUT2D eigenvalue weighted by atomic mass is 9.80. The zero-order valence-corrected chi connectivity index (χ0v) is 12.6. The highest BCUT2D eigenvalue weighted by Gasteiger charge is 2.16. The van der Waals surface area contributed by atoms with Crippen molar-refractivity contribution in [1.29, 1.82) is 0 Å². The average molecular weight is 356 g/mol. The van der Waals surface area contributed by atoms with Gasteiger partial charge in [-0.15, -0.1) is 0 Å². The molecule has 3 N–H and O–H groups in total. The van der Waals surface area contributed by atoms with Crippen molar-refractivity contribution < 1.29 is 18.5 Å². The van der Waals surface area contributed by atoms with E-state index >= 15 is 0 Å². The normalized spacial score (nSPS) is 11.2. The zero-order valence-electron chi connectivity index (χ0n) is 10.2. The molecule has 0 aromatic heterocycles. The van der Waals surface area contributed by atoms with Crippen LogP contribution in [0.5, 0.6) is 0 Å². The molecule has 2 rings (SSSR count). The van der Waals surface area contributed by atoms with E-state index in [4.69, 9.17) is 10.0 Å². The lowest BCUT2D eigenvalue weighted by Gasteiger charge is -2.09. The summed E-state index contributed by atoms with van der Waals surface area (Å²) in [5.41, 5.74) is 0.468. The fourth-order valence-corrected chi connectivity index (χ4v) is 3.26. The summed E-state index contributed by atoms with van der Waals surface area (Å²) in [5.74, 6) is 0. The number of halogens is 1. The molecular weight excluding hydrogens is 345 g/mol. The second kappa shape index (κ2) is 5.96. The predicted octanol–water partition coefficient (Wildman–Crippen LogP) is 0.930. The molecule has 0 aliphatic carbocycles. The number of anilines is 1. The summed E-state index contributed by atoms with van der Waals surface area (Å²) in [6.07, 6.45) is 0. The second-order valence-corrected chi connectivity index (χ2v) is 6.66. The molecule has 0 unspecified atom stereocenters.